The Morgan fingerprint density at radius 1 is 1.45 bits per heavy atom. The second-order valence-corrected chi connectivity index (χ2v) is 4.30. The molecule has 0 saturated carbocycles. The topological polar surface area (TPSA) is 89.4 Å². The first kappa shape index (κ1) is 14.3. The number of hydrazine groups is 1. The summed E-state index contributed by atoms with van der Waals surface area (Å²) in [5, 5.41) is 0. The number of hydrogen-bond donors (Lipinski definition) is 2. The van der Waals surface area contributed by atoms with Gasteiger partial charge in [0, 0.05) is 31.8 Å². The molecule has 0 fully saturated rings. The van der Waals surface area contributed by atoms with Crippen molar-refractivity contribution in [3.8, 4) is 0 Å². The molecule has 0 atom stereocenters. The van der Waals surface area contributed by atoms with Gasteiger partial charge in [-0.1, -0.05) is 0 Å². The number of ether oxygens (including phenoxy) is 1. The van der Waals surface area contributed by atoms with Crippen LogP contribution in [0.15, 0.2) is 29.1 Å². The number of nitrogen functional groups attached to an aromatic ring is 1. The molecular formula is C13H19N5O2. The summed E-state index contributed by atoms with van der Waals surface area (Å²) in [4.78, 5) is 10.7. The molecule has 7 nitrogen and oxygen atoms in total. The first-order valence-corrected chi connectivity index (χ1v) is 6.37. The maximum Gasteiger partial charge on any atom is 0.158 e. The number of furan rings is 1. The van der Waals surface area contributed by atoms with Gasteiger partial charge >= 0.3 is 0 Å². The van der Waals surface area contributed by atoms with Crippen LogP contribution >= 0.6 is 0 Å². The summed E-state index contributed by atoms with van der Waals surface area (Å²) in [6, 6.07) is 3.70. The van der Waals surface area contributed by atoms with Crippen molar-refractivity contribution in [1.29, 1.82) is 0 Å². The molecule has 2 aromatic heterocycles. The molecule has 0 aliphatic heterocycles. The Kier molecular flexibility index (Phi) is 4.91. The van der Waals surface area contributed by atoms with Crippen molar-refractivity contribution < 1.29 is 9.15 Å². The van der Waals surface area contributed by atoms with Gasteiger partial charge in [0.2, 0.25) is 0 Å². The number of nitrogens with one attached hydrogen (secondary N) is 1. The lowest BCUT2D eigenvalue weighted by Crippen LogP contribution is -2.20. The lowest BCUT2D eigenvalue weighted by Gasteiger charge is -2.18. The van der Waals surface area contributed by atoms with Gasteiger partial charge in [-0.15, -0.1) is 0 Å². The van der Waals surface area contributed by atoms with Crippen LogP contribution < -0.4 is 16.2 Å². The molecule has 0 unspecified atom stereocenters. The number of nitrogens with zero attached hydrogens (tertiary/aromatic N) is 3. The second kappa shape index (κ2) is 6.88. The van der Waals surface area contributed by atoms with Crippen molar-refractivity contribution in [3.63, 3.8) is 0 Å². The van der Waals surface area contributed by atoms with Crippen LogP contribution in [0.25, 0.3) is 0 Å². The van der Waals surface area contributed by atoms with E-state index >= 15 is 0 Å². The molecule has 0 spiro atoms. The minimum atomic E-state index is 0.360. The molecule has 0 radical (unpaired) electrons. The average Bonchev–Trinajstić information content (AvgIpc) is 2.97. The maximum atomic E-state index is 5.44. The Morgan fingerprint density at radius 3 is 2.95 bits per heavy atom. The molecule has 3 N–H and O–H groups in total. The molecule has 0 aliphatic carbocycles. The summed E-state index contributed by atoms with van der Waals surface area (Å²) in [5.41, 5.74) is 3.62. The highest BCUT2D eigenvalue weighted by atomic mass is 16.5. The van der Waals surface area contributed by atoms with E-state index in [1.165, 1.54) is 0 Å². The van der Waals surface area contributed by atoms with Crippen LogP contribution in [0, 0.1) is 0 Å². The third-order valence-electron chi connectivity index (χ3n) is 2.73. The molecule has 108 valence electrons. The first-order chi connectivity index (χ1) is 9.72. The summed E-state index contributed by atoms with van der Waals surface area (Å²) in [6.45, 7) is 3.59. The van der Waals surface area contributed by atoms with Crippen molar-refractivity contribution in [2.45, 2.75) is 20.1 Å². The van der Waals surface area contributed by atoms with Crippen LogP contribution in [-0.2, 0) is 17.9 Å². The van der Waals surface area contributed by atoms with E-state index in [1.807, 2.05) is 24.9 Å². The van der Waals surface area contributed by atoms with Crippen molar-refractivity contribution >= 4 is 11.6 Å². The zero-order valence-corrected chi connectivity index (χ0v) is 11.7. The summed E-state index contributed by atoms with van der Waals surface area (Å²) in [5.74, 6) is 7.36. The Morgan fingerprint density at radius 2 is 2.30 bits per heavy atom. The smallest absolute Gasteiger partial charge is 0.158 e. The summed E-state index contributed by atoms with van der Waals surface area (Å²) < 4.78 is 10.4. The number of nitrogens with two attached hydrogens (primary N) is 1. The van der Waals surface area contributed by atoms with Crippen LogP contribution in [0.1, 0.15) is 18.3 Å². The number of hydrogen-bond acceptors (Lipinski definition) is 7. The third-order valence-corrected chi connectivity index (χ3v) is 2.73. The van der Waals surface area contributed by atoms with Crippen LogP contribution in [0.5, 0.6) is 0 Å². The lowest BCUT2D eigenvalue weighted by atomic mass is 10.3. The molecule has 0 saturated heterocycles. The van der Waals surface area contributed by atoms with Gasteiger partial charge in [-0.05, 0) is 13.0 Å². The largest absolute Gasteiger partial charge is 0.472 e. The molecule has 0 aromatic carbocycles. The SMILES string of the molecule is CCOCc1nc(NN)cc(N(C)Cc2ccoc2)n1. The van der Waals surface area contributed by atoms with Gasteiger partial charge in [-0.25, -0.2) is 15.8 Å². The van der Waals surface area contributed by atoms with E-state index in [0.29, 0.717) is 31.4 Å². The fourth-order valence-corrected chi connectivity index (χ4v) is 1.75. The molecule has 2 heterocycles. The molecule has 2 rings (SSSR count). The number of anilines is 2. The van der Waals surface area contributed by atoms with Gasteiger partial charge in [-0.2, -0.15) is 0 Å². The Hall–Kier alpha value is -2.12. The number of aromatic nitrogens is 2. The highest BCUT2D eigenvalue weighted by Crippen LogP contribution is 2.17. The highest BCUT2D eigenvalue weighted by molar-refractivity contribution is 5.48. The van der Waals surface area contributed by atoms with E-state index in [2.05, 4.69) is 15.4 Å². The van der Waals surface area contributed by atoms with Gasteiger partial charge in [-0.3, -0.25) is 0 Å². The van der Waals surface area contributed by atoms with Gasteiger partial charge in [0.1, 0.15) is 18.2 Å². The third kappa shape index (κ3) is 3.69. The van der Waals surface area contributed by atoms with Crippen LogP contribution in [0.4, 0.5) is 11.6 Å². The van der Waals surface area contributed by atoms with Crippen LogP contribution in [0.2, 0.25) is 0 Å². The van der Waals surface area contributed by atoms with E-state index in [0.717, 1.165) is 11.4 Å². The fourth-order valence-electron chi connectivity index (χ4n) is 1.75. The zero-order chi connectivity index (χ0) is 14.4. The van der Waals surface area contributed by atoms with E-state index < -0.39 is 0 Å². The standard InChI is InChI=1S/C13H19N5O2/c1-3-19-9-12-15-11(17-14)6-13(16-12)18(2)7-10-4-5-20-8-10/h4-6,8H,3,7,9,14H2,1-2H3,(H,15,16,17). The Labute approximate surface area is 117 Å². The summed E-state index contributed by atoms with van der Waals surface area (Å²) in [7, 11) is 1.94. The Bertz CT molecular complexity index is 530. The molecule has 0 aliphatic rings. The quantitative estimate of drug-likeness (QED) is 0.586. The molecule has 0 amide bonds. The zero-order valence-electron chi connectivity index (χ0n) is 11.7. The maximum absolute atomic E-state index is 5.44. The predicted octanol–water partition coefficient (Wildman–Crippen LogP) is 1.53. The molecular weight excluding hydrogens is 258 g/mol. The lowest BCUT2D eigenvalue weighted by molar-refractivity contribution is 0.128. The average molecular weight is 277 g/mol. The van der Waals surface area contributed by atoms with E-state index in [-0.39, 0.29) is 0 Å². The van der Waals surface area contributed by atoms with E-state index in [1.54, 1.807) is 18.6 Å². The number of rotatable bonds is 7. The second-order valence-electron chi connectivity index (χ2n) is 4.30. The van der Waals surface area contributed by atoms with E-state index in [9.17, 15) is 0 Å². The van der Waals surface area contributed by atoms with Crippen molar-refractivity contribution in [1.82, 2.24) is 9.97 Å². The minimum Gasteiger partial charge on any atom is -0.472 e. The highest BCUT2D eigenvalue weighted by Gasteiger charge is 2.09. The minimum absolute atomic E-state index is 0.360. The monoisotopic (exact) mass is 277 g/mol. The van der Waals surface area contributed by atoms with Gasteiger partial charge in [0.15, 0.2) is 5.82 Å². The van der Waals surface area contributed by atoms with Crippen molar-refractivity contribution in [2.75, 3.05) is 24.0 Å². The van der Waals surface area contributed by atoms with Crippen LogP contribution in [-0.4, -0.2) is 23.6 Å². The van der Waals surface area contributed by atoms with Gasteiger partial charge < -0.3 is 19.5 Å². The Balaban J connectivity index is 2.16. The molecule has 7 heteroatoms. The molecule has 0 bridgehead atoms. The predicted molar refractivity (Wildman–Crippen MR) is 76.0 cm³/mol. The normalized spacial score (nSPS) is 10.6. The van der Waals surface area contributed by atoms with Gasteiger partial charge in [0.05, 0.1) is 12.5 Å². The summed E-state index contributed by atoms with van der Waals surface area (Å²) in [6.07, 6.45) is 3.36. The summed E-state index contributed by atoms with van der Waals surface area (Å²) >= 11 is 0. The van der Waals surface area contributed by atoms with Gasteiger partial charge in [0.25, 0.3) is 0 Å². The first-order valence-electron chi connectivity index (χ1n) is 6.37. The fraction of sp³-hybridized carbons (Fsp3) is 0.385. The molecule has 2 aromatic rings. The van der Waals surface area contributed by atoms with Crippen molar-refractivity contribution in [2.24, 2.45) is 5.84 Å². The molecule has 20 heavy (non-hydrogen) atoms. The van der Waals surface area contributed by atoms with E-state index in [4.69, 9.17) is 15.0 Å². The van der Waals surface area contributed by atoms with Crippen molar-refractivity contribution in [3.05, 3.63) is 36.0 Å². The van der Waals surface area contributed by atoms with Crippen LogP contribution in [0.3, 0.4) is 0 Å².